The first kappa shape index (κ1) is 16.1. The van der Waals surface area contributed by atoms with Crippen molar-refractivity contribution in [1.82, 2.24) is 19.6 Å². The van der Waals surface area contributed by atoms with Crippen molar-refractivity contribution in [3.63, 3.8) is 0 Å². The molecule has 2 rings (SSSR count). The Bertz CT molecular complexity index is 492. The molecule has 2 aromatic rings. The van der Waals surface area contributed by atoms with E-state index in [0.717, 1.165) is 22.8 Å². The van der Waals surface area contributed by atoms with Crippen molar-refractivity contribution in [2.45, 2.75) is 27.7 Å². The SMILES string of the molecule is Cc1cc(C)n(/C=C/n2nc(C)cc2C)n1.O.O. The third-order valence-corrected chi connectivity index (χ3v) is 2.44. The van der Waals surface area contributed by atoms with Gasteiger partial charge in [-0.25, -0.2) is 9.36 Å². The predicted molar refractivity (Wildman–Crippen MR) is 72.1 cm³/mol. The van der Waals surface area contributed by atoms with Crippen LogP contribution in [0, 0.1) is 27.7 Å². The molecule has 0 aliphatic carbocycles. The Hall–Kier alpha value is -1.92. The zero-order chi connectivity index (χ0) is 11.7. The highest BCUT2D eigenvalue weighted by atomic mass is 16.0. The summed E-state index contributed by atoms with van der Waals surface area (Å²) in [6.45, 7) is 8.04. The largest absolute Gasteiger partial charge is 0.412 e. The highest BCUT2D eigenvalue weighted by Gasteiger charge is 1.98. The van der Waals surface area contributed by atoms with Gasteiger partial charge in [-0.2, -0.15) is 10.2 Å². The van der Waals surface area contributed by atoms with Gasteiger partial charge in [-0.3, -0.25) is 0 Å². The van der Waals surface area contributed by atoms with Crippen molar-refractivity contribution >= 4 is 12.4 Å². The van der Waals surface area contributed by atoms with E-state index in [1.54, 1.807) is 0 Å². The molecular weight excluding hydrogens is 232 g/mol. The summed E-state index contributed by atoms with van der Waals surface area (Å²) < 4.78 is 3.71. The molecule has 0 amide bonds. The van der Waals surface area contributed by atoms with Crippen molar-refractivity contribution in [2.24, 2.45) is 0 Å². The second kappa shape index (κ2) is 6.13. The van der Waals surface area contributed by atoms with Crippen LogP contribution in [0.1, 0.15) is 22.8 Å². The number of nitrogens with zero attached hydrogens (tertiary/aromatic N) is 4. The molecule has 0 aromatic carbocycles. The number of aryl methyl sites for hydroxylation is 4. The van der Waals surface area contributed by atoms with Crippen LogP contribution in [-0.2, 0) is 0 Å². The zero-order valence-corrected chi connectivity index (χ0v) is 11.1. The van der Waals surface area contributed by atoms with Crippen LogP contribution in [0.5, 0.6) is 0 Å². The topological polar surface area (TPSA) is 98.6 Å². The molecule has 4 N–H and O–H groups in total. The normalized spacial score (nSPS) is 10.2. The summed E-state index contributed by atoms with van der Waals surface area (Å²) in [6.07, 6.45) is 3.84. The number of rotatable bonds is 2. The van der Waals surface area contributed by atoms with E-state index in [9.17, 15) is 0 Å². The Morgan fingerprint density at radius 3 is 1.33 bits per heavy atom. The lowest BCUT2D eigenvalue weighted by Crippen LogP contribution is -1.96. The van der Waals surface area contributed by atoms with Gasteiger partial charge in [0.25, 0.3) is 0 Å². The average molecular weight is 252 g/mol. The molecule has 0 saturated carbocycles. The van der Waals surface area contributed by atoms with E-state index in [-0.39, 0.29) is 11.0 Å². The van der Waals surface area contributed by atoms with Crippen LogP contribution < -0.4 is 0 Å². The number of hydrogen-bond donors (Lipinski definition) is 0. The van der Waals surface area contributed by atoms with Crippen LogP contribution in [0.4, 0.5) is 0 Å². The fraction of sp³-hybridized carbons (Fsp3) is 0.333. The molecule has 100 valence electrons. The van der Waals surface area contributed by atoms with Crippen LogP contribution in [-0.4, -0.2) is 30.5 Å². The minimum Gasteiger partial charge on any atom is -0.412 e. The maximum Gasteiger partial charge on any atom is 0.0600 e. The smallest absolute Gasteiger partial charge is 0.0600 e. The maximum absolute atomic E-state index is 4.35. The van der Waals surface area contributed by atoms with E-state index >= 15 is 0 Å². The lowest BCUT2D eigenvalue weighted by Gasteiger charge is -1.97. The van der Waals surface area contributed by atoms with Crippen LogP contribution in [0.2, 0.25) is 0 Å². The van der Waals surface area contributed by atoms with Crippen molar-refractivity contribution in [3.05, 3.63) is 34.9 Å². The quantitative estimate of drug-likeness (QED) is 0.787. The Morgan fingerprint density at radius 1 is 0.778 bits per heavy atom. The highest BCUT2D eigenvalue weighted by Crippen LogP contribution is 2.05. The second-order valence-corrected chi connectivity index (χ2v) is 4.04. The summed E-state index contributed by atoms with van der Waals surface area (Å²) in [5, 5.41) is 8.70. The number of hydrogen-bond acceptors (Lipinski definition) is 2. The van der Waals surface area contributed by atoms with E-state index in [1.807, 2.05) is 61.6 Å². The van der Waals surface area contributed by atoms with Crippen molar-refractivity contribution < 1.29 is 11.0 Å². The third kappa shape index (κ3) is 3.28. The summed E-state index contributed by atoms with van der Waals surface area (Å²) in [6, 6.07) is 4.09. The predicted octanol–water partition coefficient (Wildman–Crippen LogP) is 0.749. The van der Waals surface area contributed by atoms with Gasteiger partial charge in [0.15, 0.2) is 0 Å². The van der Waals surface area contributed by atoms with Crippen molar-refractivity contribution in [3.8, 4) is 0 Å². The van der Waals surface area contributed by atoms with Gasteiger partial charge in [-0.15, -0.1) is 0 Å². The van der Waals surface area contributed by atoms with Crippen molar-refractivity contribution in [1.29, 1.82) is 0 Å². The minimum absolute atomic E-state index is 0. The molecule has 0 atom stereocenters. The molecule has 18 heavy (non-hydrogen) atoms. The van der Waals surface area contributed by atoms with E-state index < -0.39 is 0 Å². The van der Waals surface area contributed by atoms with Gasteiger partial charge >= 0.3 is 0 Å². The number of aromatic nitrogens is 4. The van der Waals surface area contributed by atoms with Crippen molar-refractivity contribution in [2.75, 3.05) is 0 Å². The van der Waals surface area contributed by atoms with Gasteiger partial charge in [0.05, 0.1) is 11.4 Å². The molecule has 0 aliphatic heterocycles. The summed E-state index contributed by atoms with van der Waals surface area (Å²) in [5.74, 6) is 0. The van der Waals surface area contributed by atoms with Crippen LogP contribution in [0.3, 0.4) is 0 Å². The molecule has 2 aromatic heterocycles. The van der Waals surface area contributed by atoms with Gasteiger partial charge in [0.1, 0.15) is 0 Å². The van der Waals surface area contributed by atoms with E-state index in [2.05, 4.69) is 10.2 Å². The molecule has 2 heterocycles. The summed E-state index contributed by atoms with van der Waals surface area (Å²) in [7, 11) is 0. The molecule has 0 bridgehead atoms. The van der Waals surface area contributed by atoms with E-state index in [1.165, 1.54) is 0 Å². The van der Waals surface area contributed by atoms with E-state index in [4.69, 9.17) is 0 Å². The first-order chi connectivity index (χ1) is 7.56. The standard InChI is InChI=1S/C12H16N4.2H2O/c1-9-7-11(3)15(13-9)5-6-16-12(4)8-10(2)14-16;;/h5-8H,1-4H3;2*1H2/b6-5+;;. The van der Waals surface area contributed by atoms with Gasteiger partial charge in [0, 0.05) is 23.8 Å². The molecule has 6 heteroatoms. The van der Waals surface area contributed by atoms with Gasteiger partial charge < -0.3 is 11.0 Å². The molecule has 0 saturated heterocycles. The molecule has 0 spiro atoms. The summed E-state index contributed by atoms with van der Waals surface area (Å²) in [5.41, 5.74) is 4.29. The van der Waals surface area contributed by atoms with Gasteiger partial charge in [-0.05, 0) is 39.8 Å². The van der Waals surface area contributed by atoms with E-state index in [0.29, 0.717) is 0 Å². The zero-order valence-electron chi connectivity index (χ0n) is 11.1. The first-order valence-electron chi connectivity index (χ1n) is 5.30. The highest BCUT2D eigenvalue weighted by molar-refractivity contribution is 5.45. The lowest BCUT2D eigenvalue weighted by atomic mass is 10.4. The van der Waals surface area contributed by atoms with Crippen LogP contribution >= 0.6 is 0 Å². The Labute approximate surface area is 106 Å². The van der Waals surface area contributed by atoms with Gasteiger partial charge in [0.2, 0.25) is 0 Å². The first-order valence-corrected chi connectivity index (χ1v) is 5.30. The van der Waals surface area contributed by atoms with Crippen LogP contribution in [0.15, 0.2) is 12.1 Å². The average Bonchev–Trinajstić information content (AvgIpc) is 2.66. The second-order valence-electron chi connectivity index (χ2n) is 4.04. The fourth-order valence-corrected chi connectivity index (χ4v) is 1.72. The van der Waals surface area contributed by atoms with Crippen LogP contribution in [0.25, 0.3) is 12.4 Å². The maximum atomic E-state index is 4.35. The lowest BCUT2D eigenvalue weighted by molar-refractivity contribution is 0.823. The molecule has 0 radical (unpaired) electrons. The molecule has 0 fully saturated rings. The Balaban J connectivity index is 0.00000144. The summed E-state index contributed by atoms with van der Waals surface area (Å²) >= 11 is 0. The fourth-order valence-electron chi connectivity index (χ4n) is 1.72. The van der Waals surface area contributed by atoms with Gasteiger partial charge in [-0.1, -0.05) is 0 Å². The molecular formula is C12H20N4O2. The third-order valence-electron chi connectivity index (χ3n) is 2.44. The monoisotopic (exact) mass is 252 g/mol. The molecule has 0 aliphatic rings. The Morgan fingerprint density at radius 2 is 1.11 bits per heavy atom. The molecule has 6 nitrogen and oxygen atoms in total. The summed E-state index contributed by atoms with van der Waals surface area (Å²) in [4.78, 5) is 0. The molecule has 0 unspecified atom stereocenters. The minimum atomic E-state index is 0. The Kier molecular flexibility index (Phi) is 5.48.